The molecule has 0 saturated heterocycles. The van der Waals surface area contributed by atoms with Crippen LogP contribution in [0, 0.1) is 11.3 Å². The van der Waals surface area contributed by atoms with Gasteiger partial charge in [-0.25, -0.2) is 0 Å². The monoisotopic (exact) mass is 229 g/mol. The van der Waals surface area contributed by atoms with Crippen molar-refractivity contribution >= 4 is 11.7 Å². The predicted octanol–water partition coefficient (Wildman–Crippen LogP) is 2.14. The number of fused-ring (bicyclic) bond motifs is 3. The van der Waals surface area contributed by atoms with Crippen LogP contribution in [-0.2, 0) is 17.6 Å². The number of carbonyl (C=O) groups is 1. The molecule has 1 aliphatic carbocycles. The molecule has 0 fully saturated rings. The van der Waals surface area contributed by atoms with Crippen molar-refractivity contribution in [2.24, 2.45) is 0 Å². The number of anilines is 1. The molecule has 1 aliphatic heterocycles. The normalized spacial score (nSPS) is 22.4. The van der Waals surface area contributed by atoms with Gasteiger partial charge in [0.15, 0.2) is 0 Å². The van der Waals surface area contributed by atoms with Crippen LogP contribution in [0.2, 0.25) is 0 Å². The van der Waals surface area contributed by atoms with Crippen LogP contribution in [0.4, 0.5) is 5.82 Å². The number of amides is 1. The maximum absolute atomic E-state index is 11.6. The van der Waals surface area contributed by atoms with Gasteiger partial charge >= 0.3 is 0 Å². The molecule has 0 bridgehead atoms. The Labute approximate surface area is 100 Å². The van der Waals surface area contributed by atoms with Gasteiger partial charge in [-0.15, -0.1) is 0 Å². The average Bonchev–Trinajstić information content (AvgIpc) is 2.62. The van der Waals surface area contributed by atoms with Gasteiger partial charge in [-0.1, -0.05) is 0 Å². The molecule has 4 heteroatoms. The van der Waals surface area contributed by atoms with E-state index >= 15 is 0 Å². The molecule has 2 heterocycles. The first-order chi connectivity index (χ1) is 8.22. The maximum Gasteiger partial charge on any atom is 0.227 e. The van der Waals surface area contributed by atoms with E-state index in [9.17, 15) is 10.1 Å². The highest BCUT2D eigenvalue weighted by Gasteiger charge is 2.31. The fourth-order valence-electron chi connectivity index (χ4n) is 3.10. The molecule has 0 saturated carbocycles. The highest BCUT2D eigenvalue weighted by molar-refractivity contribution is 5.93. The molecule has 1 N–H and O–H groups in total. The Morgan fingerprint density at radius 1 is 1.41 bits per heavy atom. The van der Waals surface area contributed by atoms with Crippen LogP contribution in [0.15, 0.2) is 0 Å². The fourth-order valence-corrected chi connectivity index (χ4v) is 3.10. The summed E-state index contributed by atoms with van der Waals surface area (Å²) in [6, 6.07) is 2.44. The van der Waals surface area contributed by atoms with Crippen LogP contribution in [-0.4, -0.2) is 10.5 Å². The highest BCUT2D eigenvalue weighted by Crippen LogP contribution is 2.38. The van der Waals surface area contributed by atoms with Gasteiger partial charge in [-0.05, 0) is 38.2 Å². The summed E-state index contributed by atoms with van der Waals surface area (Å²) >= 11 is 0. The summed E-state index contributed by atoms with van der Waals surface area (Å²) in [6.07, 6.45) is 4.85. The highest BCUT2D eigenvalue weighted by atomic mass is 16.1. The molecule has 2 aliphatic rings. The summed E-state index contributed by atoms with van der Waals surface area (Å²) < 4.78 is 2.18. The van der Waals surface area contributed by atoms with E-state index in [1.54, 1.807) is 0 Å². The van der Waals surface area contributed by atoms with E-state index in [-0.39, 0.29) is 11.9 Å². The molecule has 0 aromatic carbocycles. The first-order valence-corrected chi connectivity index (χ1v) is 6.18. The number of hydrogen-bond donors (Lipinski definition) is 1. The second kappa shape index (κ2) is 3.63. The number of rotatable bonds is 0. The van der Waals surface area contributed by atoms with Crippen LogP contribution in [0.1, 0.15) is 49.0 Å². The maximum atomic E-state index is 11.6. The van der Waals surface area contributed by atoms with Crippen molar-refractivity contribution in [3.63, 3.8) is 0 Å². The SMILES string of the molecule is CC1CC(=O)Nc2c(C#N)c3c(n21)CCCC3. The standard InChI is InChI=1S/C13H15N3O/c1-8-6-12(17)15-13-10(7-14)9-4-2-3-5-11(9)16(8)13/h8H,2-6H2,1H3,(H,15,17). The average molecular weight is 229 g/mol. The smallest absolute Gasteiger partial charge is 0.227 e. The van der Waals surface area contributed by atoms with Gasteiger partial charge in [0.1, 0.15) is 11.9 Å². The van der Waals surface area contributed by atoms with Crippen molar-refractivity contribution in [3.05, 3.63) is 16.8 Å². The number of nitrogens with one attached hydrogen (secondary N) is 1. The lowest BCUT2D eigenvalue weighted by Gasteiger charge is -2.26. The second-order valence-electron chi connectivity index (χ2n) is 4.94. The van der Waals surface area contributed by atoms with Gasteiger partial charge in [0.2, 0.25) is 5.91 Å². The van der Waals surface area contributed by atoms with Crippen LogP contribution in [0.25, 0.3) is 0 Å². The third-order valence-corrected chi connectivity index (χ3v) is 3.80. The quantitative estimate of drug-likeness (QED) is 0.741. The zero-order chi connectivity index (χ0) is 12.0. The van der Waals surface area contributed by atoms with Gasteiger partial charge in [-0.3, -0.25) is 4.79 Å². The van der Waals surface area contributed by atoms with E-state index in [2.05, 4.69) is 22.9 Å². The van der Waals surface area contributed by atoms with Crippen molar-refractivity contribution in [2.45, 2.75) is 45.1 Å². The summed E-state index contributed by atoms with van der Waals surface area (Å²) in [5.74, 6) is 0.763. The third kappa shape index (κ3) is 1.39. The third-order valence-electron chi connectivity index (χ3n) is 3.80. The van der Waals surface area contributed by atoms with Crippen molar-refractivity contribution in [3.8, 4) is 6.07 Å². The Morgan fingerprint density at radius 2 is 2.18 bits per heavy atom. The first-order valence-electron chi connectivity index (χ1n) is 6.18. The number of aromatic nitrogens is 1. The summed E-state index contributed by atoms with van der Waals surface area (Å²) in [6.45, 7) is 2.05. The van der Waals surface area contributed by atoms with Crippen molar-refractivity contribution in [1.29, 1.82) is 5.26 Å². The molecule has 1 unspecified atom stereocenters. The predicted molar refractivity (Wildman–Crippen MR) is 63.7 cm³/mol. The number of hydrogen-bond acceptors (Lipinski definition) is 2. The zero-order valence-corrected chi connectivity index (χ0v) is 9.92. The summed E-state index contributed by atoms with van der Waals surface area (Å²) in [5.41, 5.74) is 3.14. The topological polar surface area (TPSA) is 57.8 Å². The molecule has 3 rings (SSSR count). The Kier molecular flexibility index (Phi) is 2.22. The Hall–Kier alpha value is -1.76. The molecule has 88 valence electrons. The van der Waals surface area contributed by atoms with Crippen LogP contribution in [0.3, 0.4) is 0 Å². The van der Waals surface area contributed by atoms with Gasteiger partial charge in [0.05, 0.1) is 5.56 Å². The van der Waals surface area contributed by atoms with Crippen LogP contribution < -0.4 is 5.32 Å². The second-order valence-corrected chi connectivity index (χ2v) is 4.94. The zero-order valence-electron chi connectivity index (χ0n) is 9.92. The Morgan fingerprint density at radius 3 is 2.94 bits per heavy atom. The van der Waals surface area contributed by atoms with Gasteiger partial charge in [-0.2, -0.15) is 5.26 Å². The first kappa shape index (κ1) is 10.4. The molecule has 1 atom stereocenters. The molecular weight excluding hydrogens is 214 g/mol. The van der Waals surface area contributed by atoms with Crippen LogP contribution >= 0.6 is 0 Å². The molecule has 17 heavy (non-hydrogen) atoms. The van der Waals surface area contributed by atoms with Crippen molar-refractivity contribution in [2.75, 3.05) is 5.32 Å². The van der Waals surface area contributed by atoms with E-state index in [4.69, 9.17) is 0 Å². The molecule has 0 spiro atoms. The minimum absolute atomic E-state index is 0.0244. The van der Waals surface area contributed by atoms with E-state index in [0.29, 0.717) is 12.0 Å². The molecule has 4 nitrogen and oxygen atoms in total. The number of nitriles is 1. The molecular formula is C13H15N3O. The van der Waals surface area contributed by atoms with E-state index < -0.39 is 0 Å². The van der Waals surface area contributed by atoms with Crippen molar-refractivity contribution in [1.82, 2.24) is 4.57 Å². The van der Waals surface area contributed by atoms with E-state index in [1.807, 2.05) is 0 Å². The molecule has 1 aromatic heterocycles. The molecule has 1 amide bonds. The lowest BCUT2D eigenvalue weighted by Crippen LogP contribution is -2.27. The van der Waals surface area contributed by atoms with Crippen molar-refractivity contribution < 1.29 is 4.79 Å². The van der Waals surface area contributed by atoms with Gasteiger partial charge in [0.25, 0.3) is 0 Å². The molecule has 1 aromatic rings. The fraction of sp³-hybridized carbons (Fsp3) is 0.538. The van der Waals surface area contributed by atoms with Crippen LogP contribution in [0.5, 0.6) is 0 Å². The lowest BCUT2D eigenvalue weighted by molar-refractivity contribution is -0.117. The van der Waals surface area contributed by atoms with E-state index in [1.165, 1.54) is 17.7 Å². The van der Waals surface area contributed by atoms with Gasteiger partial charge in [0, 0.05) is 18.2 Å². The number of nitrogens with zero attached hydrogens (tertiary/aromatic N) is 2. The minimum Gasteiger partial charge on any atom is -0.327 e. The largest absolute Gasteiger partial charge is 0.327 e. The number of carbonyl (C=O) groups excluding carboxylic acids is 1. The minimum atomic E-state index is 0.0244. The van der Waals surface area contributed by atoms with Gasteiger partial charge < -0.3 is 9.88 Å². The molecule has 0 radical (unpaired) electrons. The summed E-state index contributed by atoms with van der Waals surface area (Å²) in [7, 11) is 0. The summed E-state index contributed by atoms with van der Waals surface area (Å²) in [5, 5.41) is 12.2. The Bertz CT molecular complexity index is 536. The Balaban J connectivity index is 2.25. The summed E-state index contributed by atoms with van der Waals surface area (Å²) in [4.78, 5) is 11.6. The lowest BCUT2D eigenvalue weighted by atomic mass is 9.95. The van der Waals surface area contributed by atoms with E-state index in [0.717, 1.165) is 25.1 Å².